The van der Waals surface area contributed by atoms with Crippen LogP contribution in [0.15, 0.2) is 0 Å². The number of ether oxygens (including phenoxy) is 2. The van der Waals surface area contributed by atoms with Crippen LogP contribution in [0.5, 0.6) is 0 Å². The Labute approximate surface area is 121 Å². The van der Waals surface area contributed by atoms with E-state index in [0.29, 0.717) is 0 Å². The maximum absolute atomic E-state index is 5.57. The molecule has 0 spiro atoms. The normalized spacial score (nSPS) is 11.1. The monoisotopic (exact) mass is 272 g/mol. The Kier molecular flexibility index (Phi) is 17.8. The summed E-state index contributed by atoms with van der Waals surface area (Å²) in [5.41, 5.74) is 0. The Morgan fingerprint density at radius 3 is 1.53 bits per heavy atom. The molecule has 0 aliphatic heterocycles. The van der Waals surface area contributed by atoms with Gasteiger partial charge in [-0.15, -0.1) is 0 Å². The zero-order valence-corrected chi connectivity index (χ0v) is 13.4. The van der Waals surface area contributed by atoms with Crippen LogP contribution in [0.2, 0.25) is 0 Å². The van der Waals surface area contributed by atoms with Crippen molar-refractivity contribution in [3.8, 4) is 0 Å². The molecular weight excluding hydrogens is 236 g/mol. The molecule has 0 unspecified atom stereocenters. The highest BCUT2D eigenvalue weighted by Crippen LogP contribution is 2.10. The minimum Gasteiger partial charge on any atom is -0.382 e. The van der Waals surface area contributed by atoms with E-state index in [9.17, 15) is 0 Å². The summed E-state index contributed by atoms with van der Waals surface area (Å²) in [7, 11) is 0. The van der Waals surface area contributed by atoms with Crippen LogP contribution in [0.4, 0.5) is 0 Å². The van der Waals surface area contributed by atoms with Crippen molar-refractivity contribution in [2.24, 2.45) is 0 Å². The minimum atomic E-state index is 0.818. The Morgan fingerprint density at radius 2 is 0.947 bits per heavy atom. The molecule has 0 radical (unpaired) electrons. The first-order chi connectivity index (χ1) is 9.41. The molecule has 2 heteroatoms. The van der Waals surface area contributed by atoms with Crippen LogP contribution in [0.1, 0.15) is 84.5 Å². The van der Waals surface area contributed by atoms with Crippen LogP contribution in [0.3, 0.4) is 0 Å². The third-order valence-electron chi connectivity index (χ3n) is 3.42. The van der Waals surface area contributed by atoms with E-state index in [4.69, 9.17) is 9.47 Å². The van der Waals surface area contributed by atoms with Gasteiger partial charge in [-0.25, -0.2) is 0 Å². The molecular formula is C17H36O2. The molecule has 0 aromatic carbocycles. The molecule has 0 aromatic heterocycles. The van der Waals surface area contributed by atoms with E-state index in [2.05, 4.69) is 6.92 Å². The highest BCUT2D eigenvalue weighted by molar-refractivity contribution is 4.47. The average Bonchev–Trinajstić information content (AvgIpc) is 2.43. The highest BCUT2D eigenvalue weighted by atomic mass is 16.5. The number of rotatable bonds is 16. The van der Waals surface area contributed by atoms with Crippen LogP contribution in [0.25, 0.3) is 0 Å². The zero-order chi connectivity index (χ0) is 14.0. The summed E-state index contributed by atoms with van der Waals surface area (Å²) >= 11 is 0. The zero-order valence-electron chi connectivity index (χ0n) is 13.4. The van der Waals surface area contributed by atoms with E-state index in [1.165, 1.54) is 64.2 Å². The van der Waals surface area contributed by atoms with Crippen molar-refractivity contribution in [2.75, 3.05) is 26.4 Å². The molecule has 0 amide bonds. The molecule has 0 atom stereocenters. The summed E-state index contributed by atoms with van der Waals surface area (Å²) in [6, 6.07) is 0. The second-order valence-corrected chi connectivity index (χ2v) is 5.34. The van der Waals surface area contributed by atoms with Gasteiger partial charge in [-0.1, -0.05) is 64.7 Å². The number of hydrogen-bond acceptors (Lipinski definition) is 2. The fraction of sp³-hybridized carbons (Fsp3) is 1.00. The smallest absolute Gasteiger partial charge is 0.0487 e. The van der Waals surface area contributed by atoms with E-state index in [1.54, 1.807) is 0 Å². The minimum absolute atomic E-state index is 0.818. The maximum Gasteiger partial charge on any atom is 0.0487 e. The third kappa shape index (κ3) is 17.9. The van der Waals surface area contributed by atoms with Gasteiger partial charge < -0.3 is 9.47 Å². The van der Waals surface area contributed by atoms with Crippen molar-refractivity contribution in [1.29, 1.82) is 0 Å². The van der Waals surface area contributed by atoms with Crippen LogP contribution in [-0.2, 0) is 9.47 Å². The second kappa shape index (κ2) is 17.9. The summed E-state index contributed by atoms with van der Waals surface area (Å²) in [6.07, 6.45) is 14.9. The Morgan fingerprint density at radius 1 is 0.474 bits per heavy atom. The molecule has 0 bridgehead atoms. The molecule has 2 nitrogen and oxygen atoms in total. The van der Waals surface area contributed by atoms with Gasteiger partial charge in [-0.3, -0.25) is 0 Å². The van der Waals surface area contributed by atoms with Crippen LogP contribution in [-0.4, -0.2) is 26.4 Å². The Bertz CT molecular complexity index is 132. The molecule has 0 aromatic rings. The highest BCUT2D eigenvalue weighted by Gasteiger charge is 1.93. The first kappa shape index (κ1) is 18.9. The molecule has 0 aliphatic rings. The Balaban J connectivity index is 2.88. The van der Waals surface area contributed by atoms with Crippen LogP contribution >= 0.6 is 0 Å². The van der Waals surface area contributed by atoms with Crippen molar-refractivity contribution in [3.63, 3.8) is 0 Å². The molecule has 116 valence electrons. The predicted molar refractivity (Wildman–Crippen MR) is 83.8 cm³/mol. The summed E-state index contributed by atoms with van der Waals surface area (Å²) in [6.45, 7) is 7.76. The second-order valence-electron chi connectivity index (χ2n) is 5.34. The van der Waals surface area contributed by atoms with E-state index in [0.717, 1.165) is 32.8 Å². The molecule has 0 saturated carbocycles. The van der Waals surface area contributed by atoms with Gasteiger partial charge in [0.25, 0.3) is 0 Å². The summed E-state index contributed by atoms with van der Waals surface area (Å²) < 4.78 is 10.8. The molecule has 0 saturated heterocycles. The first-order valence-corrected chi connectivity index (χ1v) is 8.57. The standard InChI is InChI=1S/C17H36O2/c1-3-5-6-7-8-9-10-11-12-13-15-19-17-14-16-18-4-2/h3-17H2,1-2H3. The van der Waals surface area contributed by atoms with E-state index in [1.807, 2.05) is 6.92 Å². The lowest BCUT2D eigenvalue weighted by Crippen LogP contribution is -2.01. The van der Waals surface area contributed by atoms with E-state index < -0.39 is 0 Å². The number of unbranched alkanes of at least 4 members (excludes halogenated alkanes) is 9. The Hall–Kier alpha value is -0.0800. The molecule has 0 fully saturated rings. The van der Waals surface area contributed by atoms with Gasteiger partial charge in [0, 0.05) is 26.4 Å². The van der Waals surface area contributed by atoms with Gasteiger partial charge in [-0.05, 0) is 19.8 Å². The maximum atomic E-state index is 5.57. The predicted octanol–water partition coefficient (Wildman–Crippen LogP) is 5.35. The van der Waals surface area contributed by atoms with Gasteiger partial charge in [0.05, 0.1) is 0 Å². The van der Waals surface area contributed by atoms with Crippen LogP contribution in [0, 0.1) is 0 Å². The summed E-state index contributed by atoms with van der Waals surface area (Å²) in [5, 5.41) is 0. The van der Waals surface area contributed by atoms with Gasteiger partial charge >= 0.3 is 0 Å². The quantitative estimate of drug-likeness (QED) is 0.353. The van der Waals surface area contributed by atoms with Crippen molar-refractivity contribution in [1.82, 2.24) is 0 Å². The van der Waals surface area contributed by atoms with Gasteiger partial charge in [0.2, 0.25) is 0 Å². The van der Waals surface area contributed by atoms with E-state index in [-0.39, 0.29) is 0 Å². The van der Waals surface area contributed by atoms with Crippen molar-refractivity contribution in [2.45, 2.75) is 84.5 Å². The topological polar surface area (TPSA) is 18.5 Å². The number of hydrogen-bond donors (Lipinski definition) is 0. The first-order valence-electron chi connectivity index (χ1n) is 8.57. The lowest BCUT2D eigenvalue weighted by Gasteiger charge is -2.05. The molecule has 0 heterocycles. The fourth-order valence-electron chi connectivity index (χ4n) is 2.20. The van der Waals surface area contributed by atoms with Crippen molar-refractivity contribution >= 4 is 0 Å². The van der Waals surface area contributed by atoms with Crippen LogP contribution < -0.4 is 0 Å². The molecule has 0 aliphatic carbocycles. The molecule has 0 N–H and O–H groups in total. The molecule has 19 heavy (non-hydrogen) atoms. The lowest BCUT2D eigenvalue weighted by molar-refractivity contribution is 0.0860. The SMILES string of the molecule is CCCCCCCCCCCCOCCCOCC. The lowest BCUT2D eigenvalue weighted by atomic mass is 10.1. The van der Waals surface area contributed by atoms with Gasteiger partial charge in [-0.2, -0.15) is 0 Å². The summed E-state index contributed by atoms with van der Waals surface area (Å²) in [4.78, 5) is 0. The largest absolute Gasteiger partial charge is 0.382 e. The van der Waals surface area contributed by atoms with Crippen molar-refractivity contribution in [3.05, 3.63) is 0 Å². The van der Waals surface area contributed by atoms with Gasteiger partial charge in [0.1, 0.15) is 0 Å². The van der Waals surface area contributed by atoms with Gasteiger partial charge in [0.15, 0.2) is 0 Å². The molecule has 0 rings (SSSR count). The fourth-order valence-corrected chi connectivity index (χ4v) is 2.20. The third-order valence-corrected chi connectivity index (χ3v) is 3.42. The van der Waals surface area contributed by atoms with Crippen molar-refractivity contribution < 1.29 is 9.47 Å². The van der Waals surface area contributed by atoms with E-state index >= 15 is 0 Å². The summed E-state index contributed by atoms with van der Waals surface area (Å²) in [5.74, 6) is 0. The average molecular weight is 272 g/mol.